The molecule has 0 radical (unpaired) electrons. The smallest absolute Gasteiger partial charge is 0.352 e. The number of carboxylic acid groups (broad SMARTS) is 1. The van der Waals surface area contributed by atoms with E-state index in [-0.39, 0.29) is 35.3 Å². The van der Waals surface area contributed by atoms with E-state index >= 15 is 0 Å². The van der Waals surface area contributed by atoms with E-state index in [0.717, 1.165) is 38.9 Å². The molecule has 0 unspecified atom stereocenters. The van der Waals surface area contributed by atoms with Crippen molar-refractivity contribution >= 4 is 39.4 Å². The molecule has 10 nitrogen and oxygen atoms in total. The fourth-order valence-corrected chi connectivity index (χ4v) is 7.14. The summed E-state index contributed by atoms with van der Waals surface area (Å²) in [5.41, 5.74) is 6.57. The number of hydrogen-bond acceptors (Lipinski definition) is 8. The molecule has 2 saturated heterocycles. The number of piperidine rings is 1. The number of ketones is 1. The Hall–Kier alpha value is -2.60. The number of aliphatic hydroxyl groups is 1. The molecule has 11 heteroatoms. The lowest BCUT2D eigenvalue weighted by atomic mass is 9.77. The van der Waals surface area contributed by atoms with Gasteiger partial charge in [0.25, 0.3) is 0 Å². The molecule has 188 valence electrons. The number of hydrogen-bond donors (Lipinski definition) is 3. The fraction of sp³-hybridized carbons (Fsp3) is 0.583. The van der Waals surface area contributed by atoms with Crippen molar-refractivity contribution in [2.75, 3.05) is 26.2 Å². The number of fused-ring (bicyclic) bond motifs is 2. The number of carbonyl (C=O) groups excluding carboxylic acids is 2. The van der Waals surface area contributed by atoms with E-state index in [0.29, 0.717) is 27.5 Å². The normalized spacial score (nSPS) is 26.3. The van der Waals surface area contributed by atoms with Crippen LogP contribution in [0.15, 0.2) is 18.2 Å². The summed E-state index contributed by atoms with van der Waals surface area (Å²) in [4.78, 5) is 47.6. The zero-order chi connectivity index (χ0) is 25.0. The molecule has 5 heterocycles. The fourth-order valence-electron chi connectivity index (χ4n) is 5.91. The van der Waals surface area contributed by atoms with E-state index in [1.54, 1.807) is 23.8 Å². The highest BCUT2D eigenvalue weighted by Crippen LogP contribution is 2.51. The maximum Gasteiger partial charge on any atom is 0.352 e. The van der Waals surface area contributed by atoms with Crippen LogP contribution in [0, 0.1) is 17.8 Å². The number of amides is 1. The number of nitrogens with zero attached hydrogens (tertiary/aromatic N) is 4. The van der Waals surface area contributed by atoms with Crippen LogP contribution in [0.1, 0.15) is 48.5 Å². The molecule has 0 aliphatic carbocycles. The van der Waals surface area contributed by atoms with Crippen molar-refractivity contribution in [3.05, 3.63) is 28.8 Å². The first kappa shape index (κ1) is 24.1. The van der Waals surface area contributed by atoms with Crippen molar-refractivity contribution in [2.45, 2.75) is 45.3 Å². The van der Waals surface area contributed by atoms with Crippen LogP contribution in [-0.2, 0) is 9.59 Å². The van der Waals surface area contributed by atoms with Crippen LogP contribution < -0.4 is 5.73 Å². The van der Waals surface area contributed by atoms with Gasteiger partial charge in [0.2, 0.25) is 5.91 Å². The average molecular weight is 502 g/mol. The van der Waals surface area contributed by atoms with E-state index in [2.05, 4.69) is 9.88 Å². The zero-order valence-electron chi connectivity index (χ0n) is 19.9. The van der Waals surface area contributed by atoms with E-state index in [4.69, 9.17) is 5.73 Å². The highest BCUT2D eigenvalue weighted by atomic mass is 32.1. The van der Waals surface area contributed by atoms with Crippen LogP contribution in [-0.4, -0.2) is 85.4 Å². The molecule has 5 rings (SSSR count). The summed E-state index contributed by atoms with van der Waals surface area (Å²) in [6, 6.07) is -0.381. The summed E-state index contributed by atoms with van der Waals surface area (Å²) in [6.45, 7) is 6.80. The Labute approximate surface area is 207 Å². The van der Waals surface area contributed by atoms with Gasteiger partial charge in [0.1, 0.15) is 22.5 Å². The monoisotopic (exact) mass is 501 g/mol. The number of carbonyl (C=O) groups is 3. The third kappa shape index (κ3) is 3.81. The van der Waals surface area contributed by atoms with Crippen molar-refractivity contribution in [3.63, 3.8) is 0 Å². The van der Waals surface area contributed by atoms with Gasteiger partial charge < -0.3 is 25.7 Å². The first-order valence-corrected chi connectivity index (χ1v) is 13.0. The average Bonchev–Trinajstić information content (AvgIpc) is 3.47. The lowest BCUT2D eigenvalue weighted by molar-refractivity contribution is -0.163. The topological polar surface area (TPSA) is 141 Å². The molecule has 3 aliphatic heterocycles. The molecule has 3 aliphatic rings. The van der Waals surface area contributed by atoms with Crippen molar-refractivity contribution < 1.29 is 24.6 Å². The second kappa shape index (κ2) is 9.12. The minimum Gasteiger partial charge on any atom is -0.477 e. The highest BCUT2D eigenvalue weighted by Gasteiger charge is 2.60. The van der Waals surface area contributed by atoms with Gasteiger partial charge in [0.15, 0.2) is 5.78 Å². The molecular formula is C24H31N5O5S. The van der Waals surface area contributed by atoms with Crippen LogP contribution >= 0.6 is 11.3 Å². The van der Waals surface area contributed by atoms with Gasteiger partial charge in [-0.2, -0.15) is 0 Å². The number of nitrogens with two attached hydrogens (primary N) is 1. The number of aliphatic hydroxyl groups excluding tert-OH is 1. The maximum absolute atomic E-state index is 13.3. The number of likely N-dealkylation sites (tertiary alicyclic amines) is 1. The quantitative estimate of drug-likeness (QED) is 0.363. The van der Waals surface area contributed by atoms with Crippen LogP contribution in [0.25, 0.3) is 10.4 Å². The van der Waals surface area contributed by atoms with E-state index in [1.165, 1.54) is 16.2 Å². The predicted molar refractivity (Wildman–Crippen MR) is 130 cm³/mol. The van der Waals surface area contributed by atoms with Crippen LogP contribution in [0.3, 0.4) is 0 Å². The Morgan fingerprint density at radius 2 is 2.03 bits per heavy atom. The summed E-state index contributed by atoms with van der Waals surface area (Å²) < 4.78 is 1.77. The molecule has 4 N–H and O–H groups in total. The van der Waals surface area contributed by atoms with Crippen molar-refractivity contribution in [1.82, 2.24) is 19.2 Å². The third-order valence-electron chi connectivity index (χ3n) is 7.72. The van der Waals surface area contributed by atoms with Crippen LogP contribution in [0.2, 0.25) is 0 Å². The minimum atomic E-state index is -1.17. The maximum atomic E-state index is 13.3. The summed E-state index contributed by atoms with van der Waals surface area (Å²) in [5, 5.41) is 20.0. The Balaban J connectivity index is 1.42. The van der Waals surface area contributed by atoms with E-state index < -0.39 is 18.0 Å². The Morgan fingerprint density at radius 1 is 1.31 bits per heavy atom. The Bertz CT molecular complexity index is 1210. The lowest BCUT2D eigenvalue weighted by Crippen LogP contribution is -2.63. The van der Waals surface area contributed by atoms with E-state index in [1.807, 2.05) is 6.92 Å². The summed E-state index contributed by atoms with van der Waals surface area (Å²) in [5.74, 6) is -2.45. The molecule has 0 aromatic carbocycles. The number of Topliss-reactive ketones (excluding diaryl/α,β-unsaturated/α-hetero) is 1. The first-order valence-electron chi connectivity index (χ1n) is 12.2. The van der Waals surface area contributed by atoms with Crippen molar-refractivity contribution in [1.29, 1.82) is 0 Å². The van der Waals surface area contributed by atoms with Gasteiger partial charge in [-0.15, -0.1) is 11.3 Å². The van der Waals surface area contributed by atoms with Gasteiger partial charge in [-0.1, -0.05) is 6.92 Å². The van der Waals surface area contributed by atoms with Gasteiger partial charge in [-0.3, -0.25) is 14.0 Å². The number of aliphatic carboxylic acids is 1. The van der Waals surface area contributed by atoms with Crippen molar-refractivity contribution in [2.24, 2.45) is 23.5 Å². The van der Waals surface area contributed by atoms with Crippen LogP contribution in [0.5, 0.6) is 0 Å². The molecule has 0 saturated carbocycles. The summed E-state index contributed by atoms with van der Waals surface area (Å²) in [6.07, 6.45) is 5.05. The molecule has 2 fully saturated rings. The first-order chi connectivity index (χ1) is 16.7. The second-order valence-corrected chi connectivity index (χ2v) is 10.9. The number of aromatic nitrogens is 2. The highest BCUT2D eigenvalue weighted by molar-refractivity contribution is 7.18. The molecule has 1 amide bonds. The summed E-state index contributed by atoms with van der Waals surface area (Å²) >= 11 is 1.33. The van der Waals surface area contributed by atoms with Crippen molar-refractivity contribution in [3.8, 4) is 0 Å². The number of carboxylic acids is 1. The largest absolute Gasteiger partial charge is 0.477 e. The number of rotatable bonds is 8. The summed E-state index contributed by atoms with van der Waals surface area (Å²) in [7, 11) is 0. The van der Waals surface area contributed by atoms with Gasteiger partial charge in [0.05, 0.1) is 22.9 Å². The minimum absolute atomic E-state index is 0.0273. The molecule has 35 heavy (non-hydrogen) atoms. The zero-order valence-corrected chi connectivity index (χ0v) is 20.7. The molecule has 0 spiro atoms. The second-order valence-electron chi connectivity index (χ2n) is 9.84. The number of imidazole rings is 1. The molecule has 2 aromatic rings. The van der Waals surface area contributed by atoms with Gasteiger partial charge in [0, 0.05) is 23.6 Å². The van der Waals surface area contributed by atoms with Gasteiger partial charge in [-0.05, 0) is 52.4 Å². The molecule has 0 bridgehead atoms. The van der Waals surface area contributed by atoms with E-state index in [9.17, 15) is 24.6 Å². The van der Waals surface area contributed by atoms with Crippen LogP contribution in [0.4, 0.5) is 0 Å². The van der Waals surface area contributed by atoms with Gasteiger partial charge in [-0.25, -0.2) is 9.78 Å². The van der Waals surface area contributed by atoms with Gasteiger partial charge >= 0.3 is 5.97 Å². The number of β-lactam (4-membered cyclic amide) rings is 1. The molecular weight excluding hydrogens is 470 g/mol. The Morgan fingerprint density at radius 3 is 2.66 bits per heavy atom. The predicted octanol–water partition coefficient (Wildman–Crippen LogP) is 1.29. The molecule has 4 atom stereocenters. The SMILES string of the molecule is C[C@@H](O)[C@H]1C(=O)N2C(C(=O)O)=C(c3cn4cnc(C(=O)C5CCN(CCCN)CC5)c4s3)[C@H](C)[C@H]12. The number of thiazole rings is 1. The third-order valence-corrected chi connectivity index (χ3v) is 8.86. The standard InChI is InChI=1S/C24H31N5O5S/c1-12-16(20(24(33)34)29-19(12)17(13(2)30)22(29)32)15-10-28-11-26-18(23(28)35-15)21(31)14-4-8-27(9-5-14)7-3-6-25/h10-14,17,19,30H,3-9,25H2,1-2H3,(H,33,34)/t12-,13+,17+,19+/m0/s1. The lowest BCUT2D eigenvalue weighted by Gasteiger charge is -2.46. The molecule has 2 aromatic heterocycles. The Kier molecular flexibility index (Phi) is 6.28.